The molecule has 0 fully saturated rings. The summed E-state index contributed by atoms with van der Waals surface area (Å²) in [5.41, 5.74) is -2.48. The van der Waals surface area contributed by atoms with E-state index in [1.165, 1.54) is 0 Å². The molecule has 0 aromatic rings. The highest BCUT2D eigenvalue weighted by atomic mass is 35.5. The third-order valence-corrected chi connectivity index (χ3v) is 5.87. The summed E-state index contributed by atoms with van der Waals surface area (Å²) in [6.45, 7) is 10.9. The minimum absolute atomic E-state index is 0.0714. The van der Waals surface area contributed by atoms with Crippen LogP contribution in [0.1, 0.15) is 41.5 Å². The SMILES string of the molecule is CC(C)C(Cl)OP(=O)(OC(Cl)C(C)C)OC(Cl)C(C)C. The number of alkyl halides is 3. The second-order valence-corrected chi connectivity index (χ2v) is 8.37. The first kappa shape index (κ1) is 21.0. The molecule has 0 saturated carbocycles. The second kappa shape index (κ2) is 9.19. The van der Waals surface area contributed by atoms with Gasteiger partial charge in [0.1, 0.15) is 16.7 Å². The van der Waals surface area contributed by atoms with Gasteiger partial charge in [0.2, 0.25) is 0 Å². The zero-order valence-electron chi connectivity index (χ0n) is 12.7. The zero-order chi connectivity index (χ0) is 16.1. The molecule has 0 heterocycles. The van der Waals surface area contributed by atoms with Crippen molar-refractivity contribution in [1.82, 2.24) is 0 Å². The highest BCUT2D eigenvalue weighted by Gasteiger charge is 2.37. The number of phosphoric ester groups is 1. The van der Waals surface area contributed by atoms with E-state index < -0.39 is 24.5 Å². The van der Waals surface area contributed by atoms with Gasteiger partial charge in [0.15, 0.2) is 0 Å². The molecule has 0 aliphatic heterocycles. The van der Waals surface area contributed by atoms with Crippen LogP contribution in [0.2, 0.25) is 0 Å². The second-order valence-electron chi connectivity index (χ2n) is 5.55. The Morgan fingerprint density at radius 1 is 0.650 bits per heavy atom. The van der Waals surface area contributed by atoms with Crippen LogP contribution in [-0.4, -0.2) is 16.7 Å². The van der Waals surface area contributed by atoms with Crippen molar-refractivity contribution in [2.45, 2.75) is 58.2 Å². The van der Waals surface area contributed by atoms with Crippen LogP contribution < -0.4 is 0 Å². The Kier molecular flexibility index (Phi) is 9.64. The molecule has 0 bridgehead atoms. The zero-order valence-corrected chi connectivity index (χ0v) is 15.8. The fraction of sp³-hybridized carbons (Fsp3) is 1.00. The van der Waals surface area contributed by atoms with Gasteiger partial charge in [0.05, 0.1) is 0 Å². The Labute approximate surface area is 137 Å². The molecule has 0 aromatic carbocycles. The molecule has 4 nitrogen and oxygen atoms in total. The standard InChI is InChI=1S/C12H24Cl3O4P/c1-7(2)10(13)17-20(16,18-11(14)8(3)4)19-12(15)9(5)6/h7-12H,1-6H3. The van der Waals surface area contributed by atoms with Crippen LogP contribution in [0.5, 0.6) is 0 Å². The molecule has 3 atom stereocenters. The maximum atomic E-state index is 12.6. The lowest BCUT2D eigenvalue weighted by molar-refractivity contribution is 0.0561. The topological polar surface area (TPSA) is 44.8 Å². The molecule has 0 saturated heterocycles. The molecule has 3 unspecified atom stereocenters. The largest absolute Gasteiger partial charge is 0.479 e. The summed E-state index contributed by atoms with van der Waals surface area (Å²) >= 11 is 18.0. The monoisotopic (exact) mass is 368 g/mol. The van der Waals surface area contributed by atoms with Gasteiger partial charge in [-0.3, -0.25) is 13.6 Å². The molecule has 0 N–H and O–H groups in total. The molecular weight excluding hydrogens is 345 g/mol. The maximum Gasteiger partial charge on any atom is 0.479 e. The van der Waals surface area contributed by atoms with Crippen molar-refractivity contribution in [1.29, 1.82) is 0 Å². The van der Waals surface area contributed by atoms with Crippen molar-refractivity contribution < 1.29 is 18.1 Å². The van der Waals surface area contributed by atoms with Crippen LogP contribution >= 0.6 is 42.6 Å². The number of hydrogen-bond donors (Lipinski definition) is 0. The number of rotatable bonds is 9. The first-order chi connectivity index (χ1) is 8.98. The number of halogens is 3. The van der Waals surface area contributed by atoms with Gasteiger partial charge >= 0.3 is 7.82 Å². The molecule has 0 spiro atoms. The summed E-state index contributed by atoms with van der Waals surface area (Å²) in [6, 6.07) is 0. The van der Waals surface area contributed by atoms with Crippen LogP contribution in [-0.2, 0) is 18.1 Å². The van der Waals surface area contributed by atoms with Gasteiger partial charge in [-0.25, -0.2) is 4.57 Å². The fourth-order valence-corrected chi connectivity index (χ4v) is 3.31. The summed E-state index contributed by atoms with van der Waals surface area (Å²) in [6.07, 6.45) is 0. The minimum atomic E-state index is -3.95. The van der Waals surface area contributed by atoms with Crippen LogP contribution in [0.15, 0.2) is 0 Å². The normalized spacial score (nSPS) is 20.2. The van der Waals surface area contributed by atoms with E-state index in [-0.39, 0.29) is 17.8 Å². The lowest BCUT2D eigenvalue weighted by Gasteiger charge is -2.27. The lowest BCUT2D eigenvalue weighted by atomic mass is 10.2. The number of hydrogen-bond acceptors (Lipinski definition) is 4. The molecule has 8 heteroatoms. The summed E-state index contributed by atoms with van der Waals surface area (Å²) in [5.74, 6) is -0.214. The van der Waals surface area contributed by atoms with E-state index in [1.54, 1.807) is 0 Å². The van der Waals surface area contributed by atoms with Gasteiger partial charge in [-0.15, -0.1) is 0 Å². The smallest absolute Gasteiger partial charge is 0.267 e. The Hall–Kier alpha value is 0.980. The summed E-state index contributed by atoms with van der Waals surface area (Å²) in [4.78, 5) is 0. The Bertz CT molecular complexity index is 278. The predicted octanol–water partition coefficient (Wildman–Crippen LogP) is 5.81. The molecule has 0 radical (unpaired) electrons. The molecule has 20 heavy (non-hydrogen) atoms. The Morgan fingerprint density at radius 3 is 1.00 bits per heavy atom. The number of phosphoric acid groups is 1. The van der Waals surface area contributed by atoms with Crippen LogP contribution in [0.4, 0.5) is 0 Å². The molecular formula is C12H24Cl3O4P. The average Bonchev–Trinajstić information content (AvgIpc) is 2.27. The molecule has 0 aromatic heterocycles. The van der Waals surface area contributed by atoms with E-state index in [4.69, 9.17) is 48.4 Å². The lowest BCUT2D eigenvalue weighted by Crippen LogP contribution is -2.21. The van der Waals surface area contributed by atoms with Crippen molar-refractivity contribution in [3.63, 3.8) is 0 Å². The Morgan fingerprint density at radius 2 is 0.850 bits per heavy atom. The highest BCUT2D eigenvalue weighted by molar-refractivity contribution is 7.48. The van der Waals surface area contributed by atoms with E-state index in [0.717, 1.165) is 0 Å². The minimum Gasteiger partial charge on any atom is -0.267 e. The summed E-state index contributed by atoms with van der Waals surface area (Å²) in [5, 5.41) is 0. The van der Waals surface area contributed by atoms with E-state index in [9.17, 15) is 4.57 Å². The van der Waals surface area contributed by atoms with Crippen molar-refractivity contribution in [3.05, 3.63) is 0 Å². The molecule has 0 rings (SSSR count). The van der Waals surface area contributed by atoms with Gasteiger partial charge in [0.25, 0.3) is 0 Å². The van der Waals surface area contributed by atoms with Crippen molar-refractivity contribution in [2.24, 2.45) is 17.8 Å². The fourth-order valence-electron chi connectivity index (χ4n) is 0.810. The van der Waals surface area contributed by atoms with Crippen LogP contribution in [0.3, 0.4) is 0 Å². The van der Waals surface area contributed by atoms with Crippen LogP contribution in [0, 0.1) is 17.8 Å². The van der Waals surface area contributed by atoms with Crippen molar-refractivity contribution >= 4 is 42.6 Å². The molecule has 122 valence electrons. The first-order valence-electron chi connectivity index (χ1n) is 6.56. The van der Waals surface area contributed by atoms with Gasteiger partial charge < -0.3 is 0 Å². The van der Waals surface area contributed by atoms with E-state index >= 15 is 0 Å². The predicted molar refractivity (Wildman–Crippen MR) is 84.3 cm³/mol. The first-order valence-corrected chi connectivity index (χ1v) is 9.33. The highest BCUT2D eigenvalue weighted by Crippen LogP contribution is 2.56. The third-order valence-electron chi connectivity index (χ3n) is 2.26. The summed E-state index contributed by atoms with van der Waals surface area (Å²) in [7, 11) is -3.95. The average molecular weight is 370 g/mol. The molecule has 0 amide bonds. The van der Waals surface area contributed by atoms with Gasteiger partial charge in [-0.05, 0) is 17.8 Å². The Balaban J connectivity index is 4.97. The quantitative estimate of drug-likeness (QED) is 0.380. The third kappa shape index (κ3) is 7.84. The van der Waals surface area contributed by atoms with Crippen molar-refractivity contribution in [3.8, 4) is 0 Å². The molecule has 0 aliphatic rings. The van der Waals surface area contributed by atoms with E-state index in [0.29, 0.717) is 0 Å². The molecule has 0 aliphatic carbocycles. The van der Waals surface area contributed by atoms with Gasteiger partial charge in [-0.2, -0.15) is 0 Å². The van der Waals surface area contributed by atoms with Gasteiger partial charge in [0, 0.05) is 0 Å². The van der Waals surface area contributed by atoms with Gasteiger partial charge in [-0.1, -0.05) is 76.3 Å². The van der Waals surface area contributed by atoms with E-state index in [2.05, 4.69) is 0 Å². The van der Waals surface area contributed by atoms with E-state index in [1.807, 2.05) is 41.5 Å². The maximum absolute atomic E-state index is 12.6. The van der Waals surface area contributed by atoms with Crippen molar-refractivity contribution in [2.75, 3.05) is 0 Å². The summed E-state index contributed by atoms with van der Waals surface area (Å²) < 4.78 is 28.4. The van der Waals surface area contributed by atoms with Crippen LogP contribution in [0.25, 0.3) is 0 Å².